The Kier molecular flexibility index (Phi) is 3.87. The highest BCUT2D eigenvalue weighted by atomic mass is 16.5. The quantitative estimate of drug-likeness (QED) is 0.808. The second kappa shape index (κ2) is 5.27. The largest absolute Gasteiger partial charge is 0.496 e. The molecule has 1 fully saturated rings. The van der Waals surface area contributed by atoms with Gasteiger partial charge >= 0.3 is 0 Å². The molecule has 5 heteroatoms. The summed E-state index contributed by atoms with van der Waals surface area (Å²) in [7, 11) is 4.83. The van der Waals surface area contributed by atoms with E-state index in [2.05, 4.69) is 0 Å². The van der Waals surface area contributed by atoms with Crippen molar-refractivity contribution in [3.05, 3.63) is 17.7 Å². The summed E-state index contributed by atoms with van der Waals surface area (Å²) in [6.07, 6.45) is 0.846. The zero-order valence-corrected chi connectivity index (χ0v) is 11.6. The Bertz CT molecular complexity index is 432. The fourth-order valence-electron chi connectivity index (χ4n) is 2.60. The van der Waals surface area contributed by atoms with Gasteiger partial charge in [0.25, 0.3) is 0 Å². The van der Waals surface area contributed by atoms with E-state index in [1.165, 1.54) is 0 Å². The highest BCUT2D eigenvalue weighted by molar-refractivity contribution is 5.55. The Morgan fingerprint density at radius 2 is 1.79 bits per heavy atom. The van der Waals surface area contributed by atoms with Gasteiger partial charge in [-0.15, -0.1) is 0 Å². The molecule has 0 spiro atoms. The summed E-state index contributed by atoms with van der Waals surface area (Å²) < 4.78 is 16.1. The average Bonchev–Trinajstić information content (AvgIpc) is 3.20. The molecular formula is C14H21NO4. The fraction of sp³-hybridized carbons (Fsp3) is 0.571. The Morgan fingerprint density at radius 1 is 1.21 bits per heavy atom. The van der Waals surface area contributed by atoms with Gasteiger partial charge in [0.2, 0.25) is 0 Å². The molecule has 1 aromatic carbocycles. The van der Waals surface area contributed by atoms with Crippen LogP contribution >= 0.6 is 0 Å². The van der Waals surface area contributed by atoms with Gasteiger partial charge in [-0.05, 0) is 6.42 Å². The minimum absolute atomic E-state index is 0.0759. The van der Waals surface area contributed by atoms with Crippen molar-refractivity contribution in [2.24, 2.45) is 11.1 Å². The topological polar surface area (TPSA) is 73.9 Å². The van der Waals surface area contributed by atoms with Gasteiger partial charge in [0, 0.05) is 35.6 Å². The standard InChI is InChI=1S/C14H21NO4/c1-17-9-4-11(18-2)13(12(5-9)19-3)10-6-14(10,7-15)8-16/h4-5,10,16H,6-8,15H2,1-3H3. The number of nitrogens with two attached hydrogens (primary N) is 1. The van der Waals surface area contributed by atoms with Gasteiger partial charge in [-0.2, -0.15) is 0 Å². The maximum absolute atomic E-state index is 9.53. The minimum Gasteiger partial charge on any atom is -0.496 e. The van der Waals surface area contributed by atoms with E-state index in [4.69, 9.17) is 19.9 Å². The maximum atomic E-state index is 9.53. The third kappa shape index (κ3) is 2.24. The van der Waals surface area contributed by atoms with Crippen molar-refractivity contribution in [1.82, 2.24) is 0 Å². The number of rotatable bonds is 6. The summed E-state index contributed by atoms with van der Waals surface area (Å²) in [5.74, 6) is 2.27. The van der Waals surface area contributed by atoms with Crippen LogP contribution < -0.4 is 19.9 Å². The number of hydrogen-bond donors (Lipinski definition) is 2. The molecule has 1 aliphatic carbocycles. The Morgan fingerprint density at radius 3 is 2.11 bits per heavy atom. The molecule has 1 aromatic rings. The van der Waals surface area contributed by atoms with Gasteiger partial charge < -0.3 is 25.1 Å². The lowest BCUT2D eigenvalue weighted by Gasteiger charge is -2.18. The number of methoxy groups -OCH3 is 3. The third-order valence-electron chi connectivity index (χ3n) is 4.01. The highest BCUT2D eigenvalue weighted by Crippen LogP contribution is 2.62. The molecule has 1 aliphatic rings. The molecule has 0 aromatic heterocycles. The van der Waals surface area contributed by atoms with Crippen LogP contribution in [0.3, 0.4) is 0 Å². The van der Waals surface area contributed by atoms with E-state index in [0.29, 0.717) is 23.8 Å². The molecule has 2 rings (SSSR count). The predicted molar refractivity (Wildman–Crippen MR) is 72.0 cm³/mol. The summed E-state index contributed by atoms with van der Waals surface area (Å²) >= 11 is 0. The average molecular weight is 267 g/mol. The molecule has 2 unspecified atom stereocenters. The molecule has 0 aliphatic heterocycles. The normalized spacial score (nSPS) is 25.0. The molecule has 5 nitrogen and oxygen atoms in total. The van der Waals surface area contributed by atoms with Gasteiger partial charge in [-0.25, -0.2) is 0 Å². The van der Waals surface area contributed by atoms with Gasteiger partial charge in [0.1, 0.15) is 17.2 Å². The van der Waals surface area contributed by atoms with Crippen LogP contribution in [0.25, 0.3) is 0 Å². The number of aliphatic hydroxyl groups is 1. The van der Waals surface area contributed by atoms with Crippen LogP contribution in [-0.2, 0) is 0 Å². The van der Waals surface area contributed by atoms with Gasteiger partial charge in [-0.1, -0.05) is 0 Å². The Balaban J connectivity index is 2.45. The first kappa shape index (κ1) is 14.0. The second-order valence-corrected chi connectivity index (χ2v) is 4.93. The number of hydrogen-bond acceptors (Lipinski definition) is 5. The van der Waals surface area contributed by atoms with Crippen LogP contribution in [0.4, 0.5) is 0 Å². The van der Waals surface area contributed by atoms with Crippen molar-refractivity contribution in [2.75, 3.05) is 34.5 Å². The van der Waals surface area contributed by atoms with Crippen LogP contribution in [0, 0.1) is 5.41 Å². The first-order valence-corrected chi connectivity index (χ1v) is 6.26. The van der Waals surface area contributed by atoms with Crippen LogP contribution in [-0.4, -0.2) is 39.6 Å². The zero-order chi connectivity index (χ0) is 14.0. The van der Waals surface area contributed by atoms with E-state index in [-0.39, 0.29) is 17.9 Å². The Hall–Kier alpha value is -1.46. The van der Waals surface area contributed by atoms with E-state index in [1.54, 1.807) is 21.3 Å². The van der Waals surface area contributed by atoms with Crippen molar-refractivity contribution in [2.45, 2.75) is 12.3 Å². The zero-order valence-electron chi connectivity index (χ0n) is 11.6. The molecule has 0 bridgehead atoms. The van der Waals surface area contributed by atoms with E-state index in [9.17, 15) is 5.11 Å². The van der Waals surface area contributed by atoms with Gasteiger partial charge in [-0.3, -0.25) is 0 Å². The summed E-state index contributed by atoms with van der Waals surface area (Å²) in [6, 6.07) is 3.66. The first-order valence-electron chi connectivity index (χ1n) is 6.26. The van der Waals surface area contributed by atoms with Crippen molar-refractivity contribution >= 4 is 0 Å². The fourth-order valence-corrected chi connectivity index (χ4v) is 2.60. The summed E-state index contributed by atoms with van der Waals surface area (Å²) in [5.41, 5.74) is 6.50. The molecule has 0 heterocycles. The molecule has 106 valence electrons. The van der Waals surface area contributed by atoms with Gasteiger partial charge in [0.15, 0.2) is 0 Å². The summed E-state index contributed by atoms with van der Waals surface area (Å²) in [5, 5.41) is 9.53. The predicted octanol–water partition coefficient (Wildman–Crippen LogP) is 1.14. The van der Waals surface area contributed by atoms with E-state index < -0.39 is 0 Å². The van der Waals surface area contributed by atoms with Crippen LogP contribution in [0.5, 0.6) is 17.2 Å². The smallest absolute Gasteiger partial charge is 0.129 e. The molecule has 0 saturated heterocycles. The lowest BCUT2D eigenvalue weighted by molar-refractivity contribution is 0.210. The van der Waals surface area contributed by atoms with Crippen LogP contribution in [0.15, 0.2) is 12.1 Å². The first-order chi connectivity index (χ1) is 9.15. The number of aliphatic hydroxyl groups excluding tert-OH is 1. The van der Waals surface area contributed by atoms with E-state index >= 15 is 0 Å². The molecule has 3 N–H and O–H groups in total. The van der Waals surface area contributed by atoms with Crippen LogP contribution in [0.1, 0.15) is 17.9 Å². The second-order valence-electron chi connectivity index (χ2n) is 4.93. The van der Waals surface area contributed by atoms with Crippen molar-refractivity contribution in [1.29, 1.82) is 0 Å². The number of benzene rings is 1. The summed E-state index contributed by atoms with van der Waals surface area (Å²) in [4.78, 5) is 0. The maximum Gasteiger partial charge on any atom is 0.129 e. The monoisotopic (exact) mass is 267 g/mol. The van der Waals surface area contributed by atoms with Crippen molar-refractivity contribution < 1.29 is 19.3 Å². The lowest BCUT2D eigenvalue weighted by Crippen LogP contribution is -2.21. The van der Waals surface area contributed by atoms with Crippen LogP contribution in [0.2, 0.25) is 0 Å². The molecule has 0 amide bonds. The third-order valence-corrected chi connectivity index (χ3v) is 4.01. The van der Waals surface area contributed by atoms with E-state index in [0.717, 1.165) is 12.0 Å². The molecule has 0 radical (unpaired) electrons. The molecule has 19 heavy (non-hydrogen) atoms. The molecule has 1 saturated carbocycles. The van der Waals surface area contributed by atoms with E-state index in [1.807, 2.05) is 12.1 Å². The van der Waals surface area contributed by atoms with Crippen molar-refractivity contribution in [3.63, 3.8) is 0 Å². The lowest BCUT2D eigenvalue weighted by atomic mass is 9.98. The Labute approximate surface area is 113 Å². The molecular weight excluding hydrogens is 246 g/mol. The van der Waals surface area contributed by atoms with Gasteiger partial charge in [0.05, 0.1) is 27.9 Å². The number of ether oxygens (including phenoxy) is 3. The SMILES string of the molecule is COc1cc(OC)c(C2CC2(CN)CO)c(OC)c1. The van der Waals surface area contributed by atoms with Crippen molar-refractivity contribution in [3.8, 4) is 17.2 Å². The summed E-state index contributed by atoms with van der Waals surface area (Å²) in [6.45, 7) is 0.527. The minimum atomic E-state index is -0.241. The molecule has 2 atom stereocenters. The highest BCUT2D eigenvalue weighted by Gasteiger charge is 2.55.